The number of piperidine rings is 1. The fourth-order valence-corrected chi connectivity index (χ4v) is 6.24. The number of hydrogen-bond donors (Lipinski definition) is 0. The van der Waals surface area contributed by atoms with Crippen molar-refractivity contribution in [1.29, 1.82) is 0 Å². The first-order valence-electron chi connectivity index (χ1n) is 10.0. The number of nitrogens with zero attached hydrogens (tertiary/aromatic N) is 2. The smallest absolute Gasteiger partial charge is 0.310 e. The van der Waals surface area contributed by atoms with Crippen molar-refractivity contribution in [3.63, 3.8) is 0 Å². The molecule has 3 heterocycles. The molecule has 0 aliphatic carbocycles. The van der Waals surface area contributed by atoms with Gasteiger partial charge in [-0.3, -0.25) is 14.5 Å². The molecule has 2 atom stereocenters. The summed E-state index contributed by atoms with van der Waals surface area (Å²) in [7, 11) is -2.99. The van der Waals surface area contributed by atoms with Crippen LogP contribution in [0, 0.1) is 19.8 Å². The Hall–Kier alpha value is -1.67. The van der Waals surface area contributed by atoms with Gasteiger partial charge in [0.05, 0.1) is 30.6 Å². The van der Waals surface area contributed by atoms with E-state index in [2.05, 4.69) is 0 Å². The number of aromatic nitrogens is 1. The van der Waals surface area contributed by atoms with Gasteiger partial charge in [-0.2, -0.15) is 0 Å². The van der Waals surface area contributed by atoms with E-state index >= 15 is 0 Å². The third-order valence-electron chi connectivity index (χ3n) is 5.85. The molecule has 1 aromatic heterocycles. The third kappa shape index (κ3) is 4.49. The molecule has 2 saturated heterocycles. The van der Waals surface area contributed by atoms with Crippen molar-refractivity contribution in [2.45, 2.75) is 46.1 Å². The molecule has 2 aliphatic heterocycles. The van der Waals surface area contributed by atoms with Gasteiger partial charge in [0.25, 0.3) is 0 Å². The zero-order chi connectivity index (χ0) is 20.5. The maximum atomic E-state index is 13.0. The highest BCUT2D eigenvalue weighted by Crippen LogP contribution is 2.29. The van der Waals surface area contributed by atoms with Crippen LogP contribution >= 0.6 is 0 Å². The molecule has 156 valence electrons. The summed E-state index contributed by atoms with van der Waals surface area (Å²) in [6.07, 6.45) is 2.27. The van der Waals surface area contributed by atoms with E-state index < -0.39 is 9.84 Å². The SMILES string of the molecule is CCOC(=O)[C@H]1CCCN(CC(=O)c2cc(C)n([C@@H]3CCS(=O)(=O)C3)c2C)C1. The monoisotopic (exact) mass is 410 g/mol. The standard InChI is InChI=1S/C20H30N2O5S/c1-4-27-20(24)16-6-5-8-21(11-16)12-19(23)18-10-14(2)22(15(18)3)17-7-9-28(25,26)13-17/h10,16-17H,4-9,11-13H2,1-3H3/t16-,17+/m0/s1. The lowest BCUT2D eigenvalue weighted by Gasteiger charge is -2.30. The van der Waals surface area contributed by atoms with E-state index in [1.807, 2.05) is 29.4 Å². The molecule has 0 aromatic carbocycles. The second-order valence-corrected chi connectivity index (χ2v) is 10.2. The fourth-order valence-electron chi connectivity index (χ4n) is 4.54. The molecular formula is C20H30N2O5S. The maximum absolute atomic E-state index is 13.0. The van der Waals surface area contributed by atoms with E-state index in [-0.39, 0.29) is 41.8 Å². The molecule has 0 amide bonds. The number of esters is 1. The Morgan fingerprint density at radius 3 is 2.64 bits per heavy atom. The first-order chi connectivity index (χ1) is 13.2. The minimum absolute atomic E-state index is 0.0183. The minimum atomic E-state index is -2.99. The Bertz CT molecular complexity index is 858. The van der Waals surface area contributed by atoms with Gasteiger partial charge < -0.3 is 9.30 Å². The molecule has 0 N–H and O–H groups in total. The molecule has 7 nitrogen and oxygen atoms in total. The van der Waals surface area contributed by atoms with E-state index in [9.17, 15) is 18.0 Å². The van der Waals surface area contributed by atoms with Gasteiger partial charge in [0.1, 0.15) is 0 Å². The Kier molecular flexibility index (Phi) is 6.29. The van der Waals surface area contributed by atoms with Gasteiger partial charge in [0.15, 0.2) is 15.6 Å². The van der Waals surface area contributed by atoms with Crippen LogP contribution in [0.3, 0.4) is 0 Å². The number of aryl methyl sites for hydroxylation is 1. The lowest BCUT2D eigenvalue weighted by atomic mass is 9.97. The summed E-state index contributed by atoms with van der Waals surface area (Å²) in [5.74, 6) is 0.0216. The molecule has 0 saturated carbocycles. The number of carbonyl (C=O) groups is 2. The van der Waals surface area contributed by atoms with Gasteiger partial charge >= 0.3 is 5.97 Å². The highest BCUT2D eigenvalue weighted by atomic mass is 32.2. The number of rotatable bonds is 6. The molecule has 0 spiro atoms. The van der Waals surface area contributed by atoms with Crippen molar-refractivity contribution in [1.82, 2.24) is 9.47 Å². The molecule has 3 rings (SSSR count). The van der Waals surface area contributed by atoms with Crippen LogP contribution in [0.25, 0.3) is 0 Å². The van der Waals surface area contributed by atoms with Gasteiger partial charge in [0, 0.05) is 29.5 Å². The summed E-state index contributed by atoms with van der Waals surface area (Å²) in [6, 6.07) is 1.78. The molecule has 0 radical (unpaired) electrons. The summed E-state index contributed by atoms with van der Waals surface area (Å²) in [4.78, 5) is 27.0. The van der Waals surface area contributed by atoms with E-state index in [1.165, 1.54) is 0 Å². The molecular weight excluding hydrogens is 380 g/mol. The Morgan fingerprint density at radius 2 is 2.00 bits per heavy atom. The summed E-state index contributed by atoms with van der Waals surface area (Å²) in [5, 5.41) is 0. The van der Waals surface area contributed by atoms with Crippen molar-refractivity contribution < 1.29 is 22.7 Å². The van der Waals surface area contributed by atoms with Crippen LogP contribution in [0.15, 0.2) is 6.07 Å². The third-order valence-corrected chi connectivity index (χ3v) is 7.60. The zero-order valence-electron chi connectivity index (χ0n) is 16.9. The van der Waals surface area contributed by atoms with Crippen LogP contribution in [-0.2, 0) is 19.4 Å². The molecule has 2 aliphatic rings. The summed E-state index contributed by atoms with van der Waals surface area (Å²) < 4.78 is 30.8. The zero-order valence-corrected chi connectivity index (χ0v) is 17.8. The topological polar surface area (TPSA) is 85.7 Å². The Labute approximate surface area is 166 Å². The number of carbonyl (C=O) groups excluding carboxylic acids is 2. The fraction of sp³-hybridized carbons (Fsp3) is 0.700. The molecule has 0 bridgehead atoms. The minimum Gasteiger partial charge on any atom is -0.466 e. The van der Waals surface area contributed by atoms with E-state index in [4.69, 9.17) is 4.74 Å². The largest absolute Gasteiger partial charge is 0.466 e. The van der Waals surface area contributed by atoms with E-state index in [0.29, 0.717) is 25.1 Å². The van der Waals surface area contributed by atoms with Crippen LogP contribution in [0.4, 0.5) is 0 Å². The quantitative estimate of drug-likeness (QED) is 0.526. The van der Waals surface area contributed by atoms with Gasteiger partial charge in [-0.25, -0.2) is 8.42 Å². The Balaban J connectivity index is 1.70. The molecule has 1 aromatic rings. The highest BCUT2D eigenvalue weighted by molar-refractivity contribution is 7.91. The van der Waals surface area contributed by atoms with Gasteiger partial charge in [-0.05, 0) is 52.6 Å². The lowest BCUT2D eigenvalue weighted by Crippen LogP contribution is -2.41. The highest BCUT2D eigenvalue weighted by Gasteiger charge is 2.32. The Morgan fingerprint density at radius 1 is 1.25 bits per heavy atom. The van der Waals surface area contributed by atoms with Crippen molar-refractivity contribution in [3.05, 3.63) is 23.0 Å². The van der Waals surface area contributed by atoms with Crippen molar-refractivity contribution in [3.8, 4) is 0 Å². The van der Waals surface area contributed by atoms with Crippen LogP contribution in [0.2, 0.25) is 0 Å². The number of sulfone groups is 1. The first kappa shape index (κ1) is 21.0. The van der Waals surface area contributed by atoms with Gasteiger partial charge in [0.2, 0.25) is 0 Å². The first-order valence-corrected chi connectivity index (χ1v) is 11.8. The molecule has 28 heavy (non-hydrogen) atoms. The number of ether oxygens (including phenoxy) is 1. The van der Waals surface area contributed by atoms with Crippen molar-refractivity contribution in [2.75, 3.05) is 37.7 Å². The van der Waals surface area contributed by atoms with Crippen LogP contribution < -0.4 is 0 Å². The molecule has 0 unspecified atom stereocenters. The normalized spacial score (nSPS) is 25.0. The van der Waals surface area contributed by atoms with Gasteiger partial charge in [-0.1, -0.05) is 0 Å². The summed E-state index contributed by atoms with van der Waals surface area (Å²) in [5.41, 5.74) is 2.41. The number of likely N-dealkylation sites (tertiary alicyclic amines) is 1. The number of hydrogen-bond acceptors (Lipinski definition) is 6. The summed E-state index contributed by atoms with van der Waals surface area (Å²) in [6.45, 7) is 7.59. The van der Waals surface area contributed by atoms with E-state index in [1.54, 1.807) is 6.92 Å². The molecule has 2 fully saturated rings. The average molecular weight is 411 g/mol. The predicted molar refractivity (Wildman–Crippen MR) is 106 cm³/mol. The van der Waals surface area contributed by atoms with Gasteiger partial charge in [-0.15, -0.1) is 0 Å². The second-order valence-electron chi connectivity index (χ2n) is 7.96. The van der Waals surface area contributed by atoms with Crippen LogP contribution in [0.1, 0.15) is 54.0 Å². The second kappa shape index (κ2) is 8.37. The van der Waals surface area contributed by atoms with Crippen molar-refractivity contribution in [2.24, 2.45) is 5.92 Å². The molecule has 8 heteroatoms. The summed E-state index contributed by atoms with van der Waals surface area (Å²) >= 11 is 0. The van der Waals surface area contributed by atoms with Crippen molar-refractivity contribution >= 4 is 21.6 Å². The average Bonchev–Trinajstić information content (AvgIpc) is 3.13. The van der Waals surface area contributed by atoms with E-state index in [0.717, 1.165) is 30.8 Å². The number of Topliss-reactive ketones (excluding diaryl/α,β-unsaturated/α-hetero) is 1. The lowest BCUT2D eigenvalue weighted by molar-refractivity contribution is -0.149. The number of ketones is 1. The van der Waals surface area contributed by atoms with Crippen LogP contribution in [-0.4, -0.2) is 67.4 Å². The maximum Gasteiger partial charge on any atom is 0.310 e. The predicted octanol–water partition coefficient (Wildman–Crippen LogP) is 1.92. The van der Waals surface area contributed by atoms with Crippen LogP contribution in [0.5, 0.6) is 0 Å².